The molecule has 1 aromatic carbocycles. The van der Waals surface area contributed by atoms with E-state index in [4.69, 9.17) is 16.3 Å². The van der Waals surface area contributed by atoms with Crippen LogP contribution >= 0.6 is 11.6 Å². The van der Waals surface area contributed by atoms with E-state index in [-0.39, 0.29) is 5.60 Å². The highest BCUT2D eigenvalue weighted by Crippen LogP contribution is 2.42. The van der Waals surface area contributed by atoms with Crippen molar-refractivity contribution in [1.29, 1.82) is 0 Å². The third-order valence-corrected chi connectivity index (χ3v) is 2.64. The predicted molar refractivity (Wildman–Crippen MR) is 49.5 cm³/mol. The molecule has 12 heavy (non-hydrogen) atoms. The number of halogens is 1. The molecule has 0 N–H and O–H groups in total. The van der Waals surface area contributed by atoms with Crippen LogP contribution in [0.2, 0.25) is 5.02 Å². The van der Waals surface area contributed by atoms with E-state index in [1.54, 1.807) is 0 Å². The Balaban J connectivity index is 2.55. The van der Waals surface area contributed by atoms with Crippen LogP contribution in [0.3, 0.4) is 0 Å². The SMILES string of the molecule is Cc1cccc(Cl)c1C1(C)CO1. The lowest BCUT2D eigenvalue weighted by Gasteiger charge is -2.11. The van der Waals surface area contributed by atoms with E-state index in [1.165, 1.54) is 5.56 Å². The average Bonchev–Trinajstić information content (AvgIpc) is 2.68. The van der Waals surface area contributed by atoms with E-state index in [2.05, 4.69) is 19.9 Å². The van der Waals surface area contributed by atoms with Crippen LogP contribution in [0, 0.1) is 6.92 Å². The van der Waals surface area contributed by atoms with Gasteiger partial charge < -0.3 is 4.74 Å². The Morgan fingerprint density at radius 1 is 1.50 bits per heavy atom. The van der Waals surface area contributed by atoms with Crippen molar-refractivity contribution < 1.29 is 4.74 Å². The minimum atomic E-state index is -0.109. The summed E-state index contributed by atoms with van der Waals surface area (Å²) in [6.45, 7) is 4.92. The van der Waals surface area contributed by atoms with Crippen LogP contribution < -0.4 is 0 Å². The third kappa shape index (κ3) is 1.13. The lowest BCUT2D eigenvalue weighted by atomic mass is 9.97. The smallest absolute Gasteiger partial charge is 0.115 e. The van der Waals surface area contributed by atoms with E-state index in [0.29, 0.717) is 0 Å². The minimum Gasteiger partial charge on any atom is -0.365 e. The first-order valence-corrected chi connectivity index (χ1v) is 4.41. The molecule has 1 aromatic rings. The van der Waals surface area contributed by atoms with Crippen molar-refractivity contribution in [2.45, 2.75) is 19.4 Å². The summed E-state index contributed by atoms with van der Waals surface area (Å²) >= 11 is 6.07. The first-order valence-electron chi connectivity index (χ1n) is 4.03. The predicted octanol–water partition coefficient (Wildman–Crippen LogP) is 2.89. The number of ether oxygens (including phenoxy) is 1. The molecule has 64 valence electrons. The molecule has 0 radical (unpaired) electrons. The van der Waals surface area contributed by atoms with Gasteiger partial charge in [0.05, 0.1) is 6.61 Å². The van der Waals surface area contributed by atoms with Crippen molar-refractivity contribution in [2.75, 3.05) is 6.61 Å². The van der Waals surface area contributed by atoms with Crippen LogP contribution in [0.5, 0.6) is 0 Å². The first-order chi connectivity index (χ1) is 5.63. The number of aryl methyl sites for hydroxylation is 1. The third-order valence-electron chi connectivity index (χ3n) is 2.33. The van der Waals surface area contributed by atoms with E-state index in [9.17, 15) is 0 Å². The van der Waals surface area contributed by atoms with E-state index in [1.807, 2.05) is 12.1 Å². The van der Waals surface area contributed by atoms with Crippen LogP contribution in [0.15, 0.2) is 18.2 Å². The standard InChI is InChI=1S/C10H11ClO/c1-7-4-3-5-8(11)9(7)10(2)6-12-10/h3-5H,6H2,1-2H3. The van der Waals surface area contributed by atoms with Crippen molar-refractivity contribution in [3.05, 3.63) is 34.3 Å². The Labute approximate surface area is 77.3 Å². The van der Waals surface area contributed by atoms with Gasteiger partial charge >= 0.3 is 0 Å². The number of hydrogen-bond donors (Lipinski definition) is 0. The van der Waals surface area contributed by atoms with E-state index < -0.39 is 0 Å². The second-order valence-corrected chi connectivity index (χ2v) is 3.86. The van der Waals surface area contributed by atoms with Crippen LogP contribution in [-0.4, -0.2) is 6.61 Å². The fourth-order valence-electron chi connectivity index (χ4n) is 1.55. The maximum absolute atomic E-state index is 6.07. The molecule has 1 fully saturated rings. The van der Waals surface area contributed by atoms with Gasteiger partial charge in [-0.15, -0.1) is 0 Å². The topological polar surface area (TPSA) is 12.5 Å². The lowest BCUT2D eigenvalue weighted by Crippen LogP contribution is -2.05. The summed E-state index contributed by atoms with van der Waals surface area (Å²) in [7, 11) is 0. The number of rotatable bonds is 1. The van der Waals surface area contributed by atoms with Gasteiger partial charge in [0.25, 0.3) is 0 Å². The molecule has 1 aliphatic heterocycles. The Bertz CT molecular complexity index is 295. The number of epoxide rings is 1. The molecule has 0 amide bonds. The fraction of sp³-hybridized carbons (Fsp3) is 0.400. The van der Waals surface area contributed by atoms with Gasteiger partial charge in [0, 0.05) is 10.6 Å². The van der Waals surface area contributed by atoms with Gasteiger partial charge in [-0.3, -0.25) is 0 Å². The second kappa shape index (κ2) is 2.48. The van der Waals surface area contributed by atoms with Crippen LogP contribution in [-0.2, 0) is 10.3 Å². The Morgan fingerprint density at radius 3 is 2.67 bits per heavy atom. The molecule has 1 saturated heterocycles. The molecule has 0 spiro atoms. The van der Waals surface area contributed by atoms with E-state index >= 15 is 0 Å². The highest BCUT2D eigenvalue weighted by molar-refractivity contribution is 6.31. The minimum absolute atomic E-state index is 0.109. The summed E-state index contributed by atoms with van der Waals surface area (Å²) < 4.78 is 5.36. The van der Waals surface area contributed by atoms with Crippen LogP contribution in [0.25, 0.3) is 0 Å². The summed E-state index contributed by atoms with van der Waals surface area (Å²) in [4.78, 5) is 0. The van der Waals surface area contributed by atoms with Crippen LogP contribution in [0.1, 0.15) is 18.1 Å². The lowest BCUT2D eigenvalue weighted by molar-refractivity contribution is 0.328. The highest BCUT2D eigenvalue weighted by atomic mass is 35.5. The van der Waals surface area contributed by atoms with Crippen molar-refractivity contribution in [1.82, 2.24) is 0 Å². The van der Waals surface area contributed by atoms with Gasteiger partial charge in [-0.1, -0.05) is 23.7 Å². The molecule has 1 unspecified atom stereocenters. The van der Waals surface area contributed by atoms with Gasteiger partial charge in [-0.05, 0) is 25.5 Å². The van der Waals surface area contributed by atoms with Crippen molar-refractivity contribution in [3.8, 4) is 0 Å². The maximum atomic E-state index is 6.07. The van der Waals surface area contributed by atoms with Gasteiger partial charge in [-0.2, -0.15) is 0 Å². The van der Waals surface area contributed by atoms with Crippen molar-refractivity contribution >= 4 is 11.6 Å². The zero-order valence-corrected chi connectivity index (χ0v) is 7.98. The highest BCUT2D eigenvalue weighted by Gasteiger charge is 2.43. The quantitative estimate of drug-likeness (QED) is 0.609. The monoisotopic (exact) mass is 182 g/mol. The van der Waals surface area contributed by atoms with Gasteiger partial charge in [0.15, 0.2) is 0 Å². The molecular weight excluding hydrogens is 172 g/mol. The Morgan fingerprint density at radius 2 is 2.17 bits per heavy atom. The molecule has 1 aliphatic rings. The number of hydrogen-bond acceptors (Lipinski definition) is 1. The molecule has 2 heteroatoms. The average molecular weight is 183 g/mol. The van der Waals surface area contributed by atoms with Gasteiger partial charge in [0.2, 0.25) is 0 Å². The Kier molecular flexibility index (Phi) is 1.67. The summed E-state index contributed by atoms with van der Waals surface area (Å²) in [5.74, 6) is 0. The molecule has 0 saturated carbocycles. The zero-order valence-electron chi connectivity index (χ0n) is 7.23. The molecule has 1 heterocycles. The second-order valence-electron chi connectivity index (χ2n) is 3.45. The summed E-state index contributed by atoms with van der Waals surface area (Å²) in [6, 6.07) is 5.94. The number of benzene rings is 1. The van der Waals surface area contributed by atoms with Crippen molar-refractivity contribution in [2.24, 2.45) is 0 Å². The molecule has 0 aliphatic carbocycles. The molecule has 0 bridgehead atoms. The summed E-state index contributed by atoms with van der Waals surface area (Å²) in [5.41, 5.74) is 2.25. The molecular formula is C10H11ClO. The van der Waals surface area contributed by atoms with Gasteiger partial charge in [0.1, 0.15) is 5.60 Å². The van der Waals surface area contributed by atoms with Crippen molar-refractivity contribution in [3.63, 3.8) is 0 Å². The normalized spacial score (nSPS) is 27.2. The summed E-state index contributed by atoms with van der Waals surface area (Å²) in [6.07, 6.45) is 0. The Hall–Kier alpha value is -0.530. The maximum Gasteiger partial charge on any atom is 0.115 e. The van der Waals surface area contributed by atoms with Gasteiger partial charge in [-0.25, -0.2) is 0 Å². The first kappa shape index (κ1) is 8.09. The molecule has 1 nitrogen and oxygen atoms in total. The summed E-state index contributed by atoms with van der Waals surface area (Å²) in [5, 5.41) is 0.815. The fourth-order valence-corrected chi connectivity index (χ4v) is 1.98. The zero-order chi connectivity index (χ0) is 8.77. The largest absolute Gasteiger partial charge is 0.365 e. The molecule has 2 rings (SSSR count). The van der Waals surface area contributed by atoms with Crippen LogP contribution in [0.4, 0.5) is 0 Å². The van der Waals surface area contributed by atoms with E-state index in [0.717, 1.165) is 17.2 Å². The molecule has 0 aromatic heterocycles. The molecule has 1 atom stereocenters.